The number of benzene rings is 2. The molecule has 93 heavy (non-hydrogen) atoms. The van der Waals surface area contributed by atoms with Crippen LogP contribution in [0, 0.1) is 17.8 Å². The highest BCUT2D eigenvalue weighted by Crippen LogP contribution is 2.34. The molecular weight excluding hydrogens is 1370 g/mol. The van der Waals surface area contributed by atoms with Crippen LogP contribution >= 0.6 is 15.9 Å². The van der Waals surface area contributed by atoms with E-state index in [9.17, 15) is 43.8 Å². The number of alkyl halides is 6. The Morgan fingerprint density at radius 2 is 0.946 bits per heavy atom. The second kappa shape index (κ2) is 35.6. The molecule has 3 unspecified atom stereocenters. The zero-order valence-electron chi connectivity index (χ0n) is 51.7. The highest BCUT2D eigenvalue weighted by atomic mass is 79.9. The van der Waals surface area contributed by atoms with Gasteiger partial charge in [0.2, 0.25) is 0 Å². The molecule has 524 valence electrons. The smallest absolute Gasteiger partial charge is 0.444 e. The lowest BCUT2D eigenvalue weighted by Gasteiger charge is -2.31. The van der Waals surface area contributed by atoms with Gasteiger partial charge in [-0.2, -0.15) is 0 Å². The van der Waals surface area contributed by atoms with Crippen molar-refractivity contribution in [2.75, 3.05) is 84.2 Å². The van der Waals surface area contributed by atoms with Crippen LogP contribution in [0.15, 0.2) is 106 Å². The third-order valence-electron chi connectivity index (χ3n) is 14.1. The SMILES string of the molecule is Cn1cnc(S(=O)N2C[C@@H](N)[C@H](C3OCCCO3)C2)c1.Cn1cnc(S(=O)N2C[C@@H](NC(=O)OC(C)(C)C)[C@H](C3OCCCO3)C2)c1.Cn1cnc(S(=O)N2C[C@@H](Nc3cccc(OC(F)(F)F)c3)[C@H](C3OCCCO3)C2)c1.FC(F)(F)Oc1cccc(Br)c1.O.O.O. The number of carbonyl (C=O) groups is 1. The molecule has 0 spiro atoms. The summed E-state index contributed by atoms with van der Waals surface area (Å²) in [6.07, 6.45) is 1.48. The summed E-state index contributed by atoms with van der Waals surface area (Å²) in [7, 11) is 1.31. The van der Waals surface area contributed by atoms with Crippen molar-refractivity contribution in [1.82, 2.24) is 46.9 Å². The molecule has 38 heteroatoms. The van der Waals surface area contributed by atoms with Crippen molar-refractivity contribution < 1.29 is 103 Å². The number of rotatable bonds is 14. The highest BCUT2D eigenvalue weighted by molar-refractivity contribution is 9.10. The van der Waals surface area contributed by atoms with Gasteiger partial charge in [0.05, 0.1) is 64.7 Å². The average molecular weight is 1460 g/mol. The van der Waals surface area contributed by atoms with Crippen LogP contribution in [0.1, 0.15) is 40.0 Å². The molecule has 6 fully saturated rings. The Bertz CT molecular complexity index is 3170. The first-order valence-electron chi connectivity index (χ1n) is 28.7. The monoisotopic (exact) mass is 1450 g/mol. The van der Waals surface area contributed by atoms with Crippen molar-refractivity contribution in [2.24, 2.45) is 44.6 Å². The number of anilines is 1. The summed E-state index contributed by atoms with van der Waals surface area (Å²) in [4.78, 5) is 24.8. The number of carbonyl (C=O) groups excluding carboxylic acids is 1. The Kier molecular flexibility index (Phi) is 30.1. The molecule has 3 aromatic heterocycles. The predicted molar refractivity (Wildman–Crippen MR) is 328 cm³/mol. The third kappa shape index (κ3) is 24.1. The van der Waals surface area contributed by atoms with Crippen LogP contribution in [0.4, 0.5) is 36.8 Å². The van der Waals surface area contributed by atoms with E-state index in [1.54, 1.807) is 79.1 Å². The molecule has 28 nitrogen and oxygen atoms in total. The quantitative estimate of drug-likeness (QED) is 0.133. The summed E-state index contributed by atoms with van der Waals surface area (Å²) in [5.74, 6) is -0.809. The summed E-state index contributed by atoms with van der Waals surface area (Å²) in [6.45, 7) is 12.0. The van der Waals surface area contributed by atoms with Crippen LogP contribution in [0.3, 0.4) is 0 Å². The number of alkyl carbamates (subject to hydrolysis) is 1. The molecule has 9 atom stereocenters. The highest BCUT2D eigenvalue weighted by Gasteiger charge is 2.46. The number of ether oxygens (including phenoxy) is 9. The molecule has 6 aliphatic heterocycles. The first-order valence-corrected chi connectivity index (χ1v) is 32.8. The van der Waals surface area contributed by atoms with E-state index in [0.29, 0.717) is 104 Å². The predicted octanol–water partition coefficient (Wildman–Crippen LogP) is 3.89. The van der Waals surface area contributed by atoms with Crippen LogP contribution < -0.4 is 25.8 Å². The minimum Gasteiger partial charge on any atom is -0.444 e. The van der Waals surface area contributed by atoms with Crippen molar-refractivity contribution in [2.45, 2.75) is 110 Å². The standard InChI is InChI=1S/C19H23F3N4O4S.C17H28N4O5S.C12H20N4O3S.C7H4BrF3O.3H2O/c1-25-11-17(23-12-25)31(27)26-9-15(18-28-6-3-7-29-18)16(10-26)24-13-4-2-5-14(8-13)30-19(20,21)22;1-17(2,3)26-16(22)19-13-9-21(27(23)14-10-20(4)11-18-14)8-12(13)15-24-6-5-7-25-15;1-15-7-11(14-8-15)20(17)16-5-9(10(13)6-16)12-18-3-2-4-19-12;8-5-2-1-3-6(4-5)12-7(9,10)11;;;/h2,4-5,8,11-12,15-16,18,24H,3,6-7,9-10H2,1H3;10-13,15H,5-9H2,1-4H3,(H,19,22);7-10,12H,2-6,13H2,1H3;1-4H;3*1H2/t15-,16-,31?;12-,13-,27?;9-,10-,20?;;;;/m111..../s1. The van der Waals surface area contributed by atoms with E-state index in [-0.39, 0.29) is 70.1 Å². The number of aromatic nitrogens is 6. The molecule has 6 aliphatic rings. The number of hydrogen-bond acceptors (Lipinski definition) is 18. The summed E-state index contributed by atoms with van der Waals surface area (Å²) >= 11 is 3.02. The van der Waals surface area contributed by atoms with E-state index in [4.69, 9.17) is 38.9 Å². The van der Waals surface area contributed by atoms with E-state index >= 15 is 0 Å². The zero-order valence-corrected chi connectivity index (χ0v) is 55.7. The fourth-order valence-electron chi connectivity index (χ4n) is 10.2. The van der Waals surface area contributed by atoms with Gasteiger partial charge in [0.25, 0.3) is 0 Å². The molecule has 0 saturated carbocycles. The van der Waals surface area contributed by atoms with Gasteiger partial charge in [0.15, 0.2) is 33.9 Å². The van der Waals surface area contributed by atoms with Gasteiger partial charge in [-0.25, -0.2) is 45.3 Å². The molecule has 0 aliphatic carbocycles. The van der Waals surface area contributed by atoms with Gasteiger partial charge in [0, 0.05) is 125 Å². The normalized spacial score (nSPS) is 23.7. The third-order valence-corrected chi connectivity index (χ3v) is 18.6. The largest absolute Gasteiger partial charge is 0.573 e. The summed E-state index contributed by atoms with van der Waals surface area (Å²) in [5, 5.41) is 7.63. The number of aryl methyl sites for hydroxylation is 3. The van der Waals surface area contributed by atoms with E-state index in [0.717, 1.165) is 19.3 Å². The van der Waals surface area contributed by atoms with Gasteiger partial charge in [-0.1, -0.05) is 28.1 Å². The summed E-state index contributed by atoms with van der Waals surface area (Å²) < 4.78 is 169. The minimum absolute atomic E-state index is 0. The number of hydrogen-bond donors (Lipinski definition) is 3. The topological polar surface area (TPSA) is 359 Å². The number of halogens is 7. The summed E-state index contributed by atoms with van der Waals surface area (Å²) in [6, 6.07) is 10.6. The first kappa shape index (κ1) is 78.4. The van der Waals surface area contributed by atoms with E-state index in [1.165, 1.54) is 36.4 Å². The zero-order chi connectivity index (χ0) is 64.9. The lowest BCUT2D eigenvalue weighted by molar-refractivity contribution is -0.275. The lowest BCUT2D eigenvalue weighted by atomic mass is 10.0. The van der Waals surface area contributed by atoms with Crippen LogP contribution in [0.2, 0.25) is 0 Å². The van der Waals surface area contributed by atoms with Crippen molar-refractivity contribution in [3.05, 3.63) is 90.6 Å². The van der Waals surface area contributed by atoms with Gasteiger partial charge in [0.1, 0.15) is 50.1 Å². The molecule has 10 N–H and O–H groups in total. The fraction of sp³-hybridized carbons (Fsp3) is 0.600. The van der Waals surface area contributed by atoms with Gasteiger partial charge >= 0.3 is 18.8 Å². The van der Waals surface area contributed by atoms with Gasteiger partial charge in [-0.3, -0.25) is 0 Å². The molecule has 2 aromatic carbocycles. The Hall–Kier alpha value is -5.27. The number of imidazole rings is 3. The number of nitrogens with two attached hydrogens (primary N) is 1. The molecular formula is C55H81BrF6N12O16S3. The van der Waals surface area contributed by atoms with Crippen molar-refractivity contribution in [1.29, 1.82) is 0 Å². The van der Waals surface area contributed by atoms with Crippen molar-refractivity contribution in [3.8, 4) is 11.5 Å². The van der Waals surface area contributed by atoms with Crippen LogP contribution in [0.5, 0.6) is 11.5 Å². The maximum Gasteiger partial charge on any atom is 0.573 e. The number of nitrogens with zero attached hydrogens (tertiary/aromatic N) is 9. The van der Waals surface area contributed by atoms with E-state index < -0.39 is 70.0 Å². The average Bonchev–Trinajstić information content (AvgIpc) is 1.72. The van der Waals surface area contributed by atoms with Gasteiger partial charge in [-0.15, -0.1) is 26.3 Å². The van der Waals surface area contributed by atoms with E-state index in [2.05, 4.69) is 51.0 Å². The van der Waals surface area contributed by atoms with Crippen LogP contribution in [0.25, 0.3) is 0 Å². The molecule has 6 saturated heterocycles. The van der Waals surface area contributed by atoms with Crippen LogP contribution in [-0.4, -0.2) is 211 Å². The lowest BCUT2D eigenvalue weighted by Crippen LogP contribution is -2.48. The first-order chi connectivity index (χ1) is 42.6. The van der Waals surface area contributed by atoms with Gasteiger partial charge < -0.3 is 89.1 Å². The molecule has 11 rings (SSSR count). The second-order valence-corrected chi connectivity index (χ2v) is 27.8. The molecule has 0 radical (unpaired) electrons. The maximum atomic E-state index is 13.0. The Labute approximate surface area is 549 Å². The summed E-state index contributed by atoms with van der Waals surface area (Å²) in [5.41, 5.74) is 6.03. The van der Waals surface area contributed by atoms with Crippen molar-refractivity contribution >= 4 is 60.7 Å². The maximum absolute atomic E-state index is 13.0. The second-order valence-electron chi connectivity index (χ2n) is 22.6. The van der Waals surface area contributed by atoms with Crippen molar-refractivity contribution in [3.63, 3.8) is 0 Å². The Morgan fingerprint density at radius 1 is 0.570 bits per heavy atom. The Balaban J connectivity index is 0.000000232. The Morgan fingerprint density at radius 3 is 1.34 bits per heavy atom. The minimum atomic E-state index is -4.77. The van der Waals surface area contributed by atoms with E-state index in [1.807, 2.05) is 39.2 Å². The number of amides is 1. The van der Waals surface area contributed by atoms with Crippen LogP contribution in [-0.2, 0) is 87.3 Å². The molecule has 1 amide bonds. The molecule has 0 bridgehead atoms. The fourth-order valence-corrected chi connectivity index (χ4v) is 14.3. The van der Waals surface area contributed by atoms with Gasteiger partial charge in [-0.05, 0) is 70.4 Å². The molecule has 5 aromatic rings. The number of nitrogens with one attached hydrogen (secondary N) is 2. The molecule has 9 heterocycles.